The molecule has 0 aromatic heterocycles. The van der Waals surface area contributed by atoms with Crippen molar-refractivity contribution in [3.8, 4) is 6.07 Å². The van der Waals surface area contributed by atoms with E-state index in [-0.39, 0.29) is 29.4 Å². The van der Waals surface area contributed by atoms with Crippen molar-refractivity contribution in [1.82, 2.24) is 5.32 Å². The first kappa shape index (κ1) is 18.0. The predicted molar refractivity (Wildman–Crippen MR) is 86.5 cm³/mol. The molecule has 0 bridgehead atoms. The summed E-state index contributed by atoms with van der Waals surface area (Å²) in [5.41, 5.74) is -0.232. The summed E-state index contributed by atoms with van der Waals surface area (Å²) in [5.74, 6) is -0.534. The lowest BCUT2D eigenvalue weighted by Crippen LogP contribution is -2.87. The standard InChI is InChI=1S/C16H18Cl2FN3O/c1-9(11-5-14(19)13(18)6-12(11)17)21-7-15(23)22-16(2,8-20)10-3-4-10/h5-6,9-10,21H,3-4,7H2,1-2H3,(H,22,23)/p+1/t9-,16+/m1/s1. The van der Waals surface area contributed by atoms with Crippen LogP contribution in [0.4, 0.5) is 4.39 Å². The van der Waals surface area contributed by atoms with E-state index < -0.39 is 11.4 Å². The van der Waals surface area contributed by atoms with Crippen LogP contribution < -0.4 is 10.6 Å². The molecule has 0 heterocycles. The molecule has 1 aliphatic carbocycles. The van der Waals surface area contributed by atoms with Gasteiger partial charge in [0.15, 0.2) is 6.54 Å². The molecule has 23 heavy (non-hydrogen) atoms. The number of carbonyl (C=O) groups is 1. The first-order valence-electron chi connectivity index (χ1n) is 7.47. The molecule has 1 fully saturated rings. The number of amides is 1. The van der Waals surface area contributed by atoms with Crippen molar-refractivity contribution in [3.63, 3.8) is 0 Å². The van der Waals surface area contributed by atoms with E-state index in [1.807, 2.05) is 6.92 Å². The molecule has 0 radical (unpaired) electrons. The van der Waals surface area contributed by atoms with Crippen LogP contribution in [-0.4, -0.2) is 18.0 Å². The third-order valence-corrected chi connectivity index (χ3v) is 4.83. The van der Waals surface area contributed by atoms with Gasteiger partial charge in [-0.25, -0.2) is 4.39 Å². The fourth-order valence-corrected chi connectivity index (χ4v) is 3.08. The highest BCUT2D eigenvalue weighted by molar-refractivity contribution is 6.35. The zero-order valence-electron chi connectivity index (χ0n) is 13.0. The number of hydrogen-bond acceptors (Lipinski definition) is 2. The van der Waals surface area contributed by atoms with Gasteiger partial charge in [-0.15, -0.1) is 0 Å². The van der Waals surface area contributed by atoms with Crippen LogP contribution in [0.25, 0.3) is 0 Å². The monoisotopic (exact) mass is 358 g/mol. The Morgan fingerprint density at radius 1 is 1.52 bits per heavy atom. The maximum absolute atomic E-state index is 13.6. The highest BCUT2D eigenvalue weighted by atomic mass is 35.5. The van der Waals surface area contributed by atoms with E-state index >= 15 is 0 Å². The van der Waals surface area contributed by atoms with E-state index in [4.69, 9.17) is 23.2 Å². The Hall–Kier alpha value is -1.35. The Morgan fingerprint density at radius 3 is 2.74 bits per heavy atom. The molecular formula is C16H19Cl2FN3O+. The second kappa shape index (κ2) is 7.04. The van der Waals surface area contributed by atoms with Gasteiger partial charge in [-0.2, -0.15) is 5.26 Å². The van der Waals surface area contributed by atoms with Crippen LogP contribution in [-0.2, 0) is 4.79 Å². The molecule has 124 valence electrons. The van der Waals surface area contributed by atoms with Gasteiger partial charge in [0.2, 0.25) is 0 Å². The fraction of sp³-hybridized carbons (Fsp3) is 0.500. The fourth-order valence-electron chi connectivity index (χ4n) is 2.52. The number of quaternary nitrogens is 1. The summed E-state index contributed by atoms with van der Waals surface area (Å²) in [5, 5.41) is 14.1. The minimum atomic E-state index is -0.807. The number of carbonyl (C=O) groups excluding carboxylic acids is 1. The van der Waals surface area contributed by atoms with Crippen LogP contribution in [0.2, 0.25) is 10.0 Å². The highest BCUT2D eigenvalue weighted by Crippen LogP contribution is 2.39. The first-order chi connectivity index (χ1) is 10.8. The van der Waals surface area contributed by atoms with Gasteiger partial charge in [0, 0.05) is 5.56 Å². The summed E-state index contributed by atoms with van der Waals surface area (Å²) in [6, 6.07) is 4.61. The van der Waals surface area contributed by atoms with Gasteiger partial charge in [-0.1, -0.05) is 23.2 Å². The van der Waals surface area contributed by atoms with E-state index in [2.05, 4.69) is 11.4 Å². The van der Waals surface area contributed by atoms with Crippen molar-refractivity contribution in [2.24, 2.45) is 5.92 Å². The number of nitriles is 1. The summed E-state index contributed by atoms with van der Waals surface area (Å²) in [7, 11) is 0. The van der Waals surface area contributed by atoms with Crippen molar-refractivity contribution in [1.29, 1.82) is 5.26 Å². The zero-order chi connectivity index (χ0) is 17.2. The number of nitrogens with two attached hydrogens (primary N) is 1. The number of hydrogen-bond donors (Lipinski definition) is 2. The molecule has 3 N–H and O–H groups in total. The van der Waals surface area contributed by atoms with Crippen molar-refractivity contribution in [2.45, 2.75) is 38.3 Å². The van der Waals surface area contributed by atoms with Gasteiger partial charge in [0.25, 0.3) is 5.91 Å². The van der Waals surface area contributed by atoms with Crippen molar-refractivity contribution in [2.75, 3.05) is 6.54 Å². The molecule has 1 aromatic carbocycles. The van der Waals surface area contributed by atoms with Gasteiger partial charge in [0.1, 0.15) is 17.4 Å². The molecule has 1 aliphatic rings. The second-order valence-electron chi connectivity index (χ2n) is 6.15. The molecule has 2 atom stereocenters. The molecule has 7 heteroatoms. The van der Waals surface area contributed by atoms with Gasteiger partial charge in [-0.3, -0.25) is 4.79 Å². The van der Waals surface area contributed by atoms with Crippen LogP contribution in [0.5, 0.6) is 0 Å². The summed E-state index contributed by atoms with van der Waals surface area (Å²) >= 11 is 11.8. The molecular weight excluding hydrogens is 340 g/mol. The lowest BCUT2D eigenvalue weighted by Gasteiger charge is -2.22. The molecule has 1 saturated carbocycles. The molecule has 1 aromatic rings. The van der Waals surface area contributed by atoms with E-state index in [1.54, 1.807) is 12.2 Å². The van der Waals surface area contributed by atoms with Crippen molar-refractivity contribution >= 4 is 29.1 Å². The van der Waals surface area contributed by atoms with Crippen LogP contribution in [0.1, 0.15) is 38.3 Å². The maximum atomic E-state index is 13.6. The van der Waals surface area contributed by atoms with Crippen LogP contribution in [0, 0.1) is 23.1 Å². The van der Waals surface area contributed by atoms with E-state index in [0.717, 1.165) is 12.8 Å². The number of nitrogens with one attached hydrogen (secondary N) is 1. The Labute approximate surface area is 145 Å². The minimum Gasteiger partial charge on any atom is -0.333 e. The second-order valence-corrected chi connectivity index (χ2v) is 6.97. The molecule has 0 saturated heterocycles. The van der Waals surface area contributed by atoms with Crippen molar-refractivity contribution in [3.05, 3.63) is 33.6 Å². The number of rotatable bonds is 6. The molecule has 0 unspecified atom stereocenters. The third-order valence-electron chi connectivity index (χ3n) is 4.21. The highest BCUT2D eigenvalue weighted by Gasteiger charge is 2.43. The Balaban J connectivity index is 1.94. The average Bonchev–Trinajstić information content (AvgIpc) is 3.33. The number of nitrogens with zero attached hydrogens (tertiary/aromatic N) is 1. The molecule has 4 nitrogen and oxygen atoms in total. The predicted octanol–water partition coefficient (Wildman–Crippen LogP) is 2.57. The van der Waals surface area contributed by atoms with E-state index in [9.17, 15) is 14.4 Å². The quantitative estimate of drug-likeness (QED) is 0.767. The molecule has 1 amide bonds. The van der Waals surface area contributed by atoms with Crippen molar-refractivity contribution < 1.29 is 14.5 Å². The van der Waals surface area contributed by atoms with Gasteiger partial charge >= 0.3 is 0 Å². The summed E-state index contributed by atoms with van der Waals surface area (Å²) in [4.78, 5) is 12.1. The lowest BCUT2D eigenvalue weighted by atomic mass is 9.98. The van der Waals surface area contributed by atoms with E-state index in [1.165, 1.54) is 12.1 Å². The summed E-state index contributed by atoms with van der Waals surface area (Å²) < 4.78 is 13.6. The topological polar surface area (TPSA) is 69.5 Å². The molecule has 2 rings (SSSR count). The first-order valence-corrected chi connectivity index (χ1v) is 8.22. The van der Waals surface area contributed by atoms with Gasteiger partial charge in [0.05, 0.1) is 16.1 Å². The van der Waals surface area contributed by atoms with Gasteiger partial charge < -0.3 is 10.6 Å². The summed E-state index contributed by atoms with van der Waals surface area (Å²) in [6.45, 7) is 3.70. The number of halogens is 3. The largest absolute Gasteiger partial charge is 0.333 e. The Bertz CT molecular complexity index is 657. The van der Waals surface area contributed by atoms with Crippen LogP contribution in [0.15, 0.2) is 12.1 Å². The lowest BCUT2D eigenvalue weighted by molar-refractivity contribution is -0.682. The minimum absolute atomic E-state index is 0.0297. The zero-order valence-corrected chi connectivity index (χ0v) is 14.5. The molecule has 0 aliphatic heterocycles. The Morgan fingerprint density at radius 2 is 2.17 bits per heavy atom. The smallest absolute Gasteiger partial charge is 0.276 e. The summed E-state index contributed by atoms with van der Waals surface area (Å²) in [6.07, 6.45) is 1.92. The SMILES string of the molecule is C[C@@H]([NH2+]CC(=O)N[C@@](C)(C#N)C1CC1)c1cc(F)c(Cl)cc1Cl. The maximum Gasteiger partial charge on any atom is 0.276 e. The Kier molecular flexibility index (Phi) is 5.51. The molecule has 0 spiro atoms. The average molecular weight is 359 g/mol. The van der Waals surface area contributed by atoms with E-state index in [0.29, 0.717) is 10.6 Å². The van der Waals surface area contributed by atoms with Gasteiger partial charge in [-0.05, 0) is 44.7 Å². The van der Waals surface area contributed by atoms with Crippen LogP contribution in [0.3, 0.4) is 0 Å². The third kappa shape index (κ3) is 4.35. The van der Waals surface area contributed by atoms with Crippen LogP contribution >= 0.6 is 23.2 Å². The number of benzene rings is 1. The normalized spacial score (nSPS) is 17.9.